The Morgan fingerprint density at radius 2 is 1.82 bits per heavy atom. The lowest BCUT2D eigenvalue weighted by Crippen LogP contribution is -2.45. The predicted molar refractivity (Wildman–Crippen MR) is 125 cm³/mol. The number of aromatic nitrogens is 3. The Morgan fingerprint density at radius 1 is 1.03 bits per heavy atom. The maximum absolute atomic E-state index is 13.5. The molecule has 0 spiro atoms. The molecule has 3 heterocycles. The summed E-state index contributed by atoms with van der Waals surface area (Å²) in [5, 5.41) is 0.264. The number of benzene rings is 2. The minimum Gasteiger partial charge on any atom is -0.497 e. The van der Waals surface area contributed by atoms with Crippen LogP contribution in [0.1, 0.15) is 12.0 Å². The maximum Gasteiger partial charge on any atom is 0.337 e. The molecule has 5 rings (SSSR count). The number of hydrogen-bond donors (Lipinski definition) is 0. The molecule has 1 aliphatic rings. The lowest BCUT2D eigenvalue weighted by Gasteiger charge is -2.29. The van der Waals surface area contributed by atoms with Gasteiger partial charge in [-0.3, -0.25) is 9.59 Å². The highest BCUT2D eigenvalue weighted by molar-refractivity contribution is 5.94. The van der Waals surface area contributed by atoms with Crippen LogP contribution >= 0.6 is 0 Å². The fraction of sp³-hybridized carbons (Fsp3) is 0.200. The Hall–Kier alpha value is -4.20. The number of pyridine rings is 1. The first-order chi connectivity index (χ1) is 16.1. The van der Waals surface area contributed by atoms with Crippen LogP contribution in [-0.2, 0) is 17.8 Å². The minimum absolute atomic E-state index is 0.240. The number of methoxy groups -OCH3 is 1. The average molecular weight is 442 g/mol. The van der Waals surface area contributed by atoms with Crippen LogP contribution in [0.2, 0.25) is 0 Å². The van der Waals surface area contributed by atoms with Crippen molar-refractivity contribution >= 4 is 22.6 Å². The first-order valence-corrected chi connectivity index (χ1v) is 10.7. The summed E-state index contributed by atoms with van der Waals surface area (Å²) < 4.78 is 7.55. The van der Waals surface area contributed by atoms with E-state index in [4.69, 9.17) is 4.74 Å². The fourth-order valence-corrected chi connectivity index (χ4v) is 4.30. The summed E-state index contributed by atoms with van der Waals surface area (Å²) in [4.78, 5) is 46.0. The molecule has 0 saturated heterocycles. The van der Waals surface area contributed by atoms with Crippen molar-refractivity contribution in [3.63, 3.8) is 0 Å². The van der Waals surface area contributed by atoms with Gasteiger partial charge < -0.3 is 9.64 Å². The van der Waals surface area contributed by atoms with Crippen molar-refractivity contribution in [3.8, 4) is 11.4 Å². The second-order valence-electron chi connectivity index (χ2n) is 7.86. The molecule has 0 fully saturated rings. The van der Waals surface area contributed by atoms with Gasteiger partial charge in [0, 0.05) is 18.4 Å². The Kier molecular flexibility index (Phi) is 5.26. The van der Waals surface area contributed by atoms with Gasteiger partial charge in [-0.2, -0.15) is 0 Å². The lowest BCUT2D eigenvalue weighted by atomic mass is 10.0. The molecular formula is C25H22N4O4. The Balaban J connectivity index is 1.63. The van der Waals surface area contributed by atoms with Gasteiger partial charge in [0.15, 0.2) is 5.65 Å². The van der Waals surface area contributed by atoms with Crippen LogP contribution in [0.25, 0.3) is 16.7 Å². The van der Waals surface area contributed by atoms with Crippen LogP contribution in [0, 0.1) is 0 Å². The topological polar surface area (TPSA) is 86.4 Å². The molecule has 0 N–H and O–H groups in total. The third kappa shape index (κ3) is 3.59. The zero-order chi connectivity index (χ0) is 22.9. The molecule has 1 amide bonds. The number of fused-ring (bicyclic) bond motifs is 2. The van der Waals surface area contributed by atoms with E-state index in [1.807, 2.05) is 24.3 Å². The van der Waals surface area contributed by atoms with Crippen LogP contribution < -0.4 is 20.9 Å². The summed E-state index contributed by atoms with van der Waals surface area (Å²) in [6.07, 6.45) is 3.25. The lowest BCUT2D eigenvalue weighted by molar-refractivity contribution is -0.119. The van der Waals surface area contributed by atoms with Crippen LogP contribution in [0.5, 0.6) is 5.75 Å². The van der Waals surface area contributed by atoms with Gasteiger partial charge >= 0.3 is 5.69 Å². The highest BCUT2D eigenvalue weighted by Gasteiger charge is 2.24. The highest BCUT2D eigenvalue weighted by atomic mass is 16.5. The normalized spacial score (nSPS) is 13.1. The second-order valence-corrected chi connectivity index (χ2v) is 7.86. The smallest absolute Gasteiger partial charge is 0.337 e. The van der Waals surface area contributed by atoms with E-state index < -0.39 is 11.2 Å². The summed E-state index contributed by atoms with van der Waals surface area (Å²) in [6.45, 7) is 0.194. The van der Waals surface area contributed by atoms with E-state index in [0.717, 1.165) is 28.7 Å². The number of hydrogen-bond acceptors (Lipinski definition) is 5. The molecule has 0 aliphatic carbocycles. The Labute approximate surface area is 189 Å². The van der Waals surface area contributed by atoms with E-state index in [1.165, 1.54) is 10.8 Å². The fourth-order valence-electron chi connectivity index (χ4n) is 4.30. The summed E-state index contributed by atoms with van der Waals surface area (Å²) in [5.74, 6) is 0.335. The van der Waals surface area contributed by atoms with Gasteiger partial charge in [-0.05, 0) is 60.9 Å². The summed E-state index contributed by atoms with van der Waals surface area (Å²) in [7, 11) is 1.56. The van der Waals surface area contributed by atoms with Crippen molar-refractivity contribution in [2.75, 3.05) is 18.6 Å². The van der Waals surface area contributed by atoms with Crippen molar-refractivity contribution in [3.05, 3.63) is 93.3 Å². The molecule has 1 aliphatic heterocycles. The molecule has 0 radical (unpaired) electrons. The molecule has 8 nitrogen and oxygen atoms in total. The van der Waals surface area contributed by atoms with Crippen molar-refractivity contribution in [2.24, 2.45) is 0 Å². The molecule has 0 unspecified atom stereocenters. The molecule has 8 heteroatoms. The number of amides is 1. The number of para-hydroxylation sites is 1. The summed E-state index contributed by atoms with van der Waals surface area (Å²) in [5.41, 5.74) is 1.53. The number of nitrogens with zero attached hydrogens (tertiary/aromatic N) is 4. The number of rotatable bonds is 4. The molecular weight excluding hydrogens is 420 g/mol. The van der Waals surface area contributed by atoms with Crippen LogP contribution in [-0.4, -0.2) is 33.7 Å². The summed E-state index contributed by atoms with van der Waals surface area (Å²) in [6, 6.07) is 17.9. The zero-order valence-electron chi connectivity index (χ0n) is 18.1. The Morgan fingerprint density at radius 3 is 2.61 bits per heavy atom. The molecule has 0 atom stereocenters. The molecule has 0 bridgehead atoms. The third-order valence-electron chi connectivity index (χ3n) is 5.93. The third-order valence-corrected chi connectivity index (χ3v) is 5.93. The number of carbonyl (C=O) groups excluding carboxylic acids is 1. The first kappa shape index (κ1) is 20.7. The quantitative estimate of drug-likeness (QED) is 0.485. The van der Waals surface area contributed by atoms with Crippen LogP contribution in [0.3, 0.4) is 0 Å². The molecule has 33 heavy (non-hydrogen) atoms. The maximum atomic E-state index is 13.5. The average Bonchev–Trinajstić information content (AvgIpc) is 2.86. The van der Waals surface area contributed by atoms with Gasteiger partial charge in [0.25, 0.3) is 5.56 Å². The molecule has 2 aromatic heterocycles. The van der Waals surface area contributed by atoms with Gasteiger partial charge in [-0.25, -0.2) is 18.9 Å². The molecule has 4 aromatic rings. The minimum atomic E-state index is -0.616. The van der Waals surface area contributed by atoms with Gasteiger partial charge in [0.05, 0.1) is 18.2 Å². The van der Waals surface area contributed by atoms with E-state index in [9.17, 15) is 14.4 Å². The zero-order valence-corrected chi connectivity index (χ0v) is 18.1. The monoisotopic (exact) mass is 442 g/mol. The van der Waals surface area contributed by atoms with Crippen molar-refractivity contribution in [1.82, 2.24) is 14.1 Å². The number of aryl methyl sites for hydroxylation is 1. The van der Waals surface area contributed by atoms with E-state index >= 15 is 0 Å². The van der Waals surface area contributed by atoms with E-state index in [2.05, 4.69) is 4.98 Å². The van der Waals surface area contributed by atoms with Crippen molar-refractivity contribution < 1.29 is 9.53 Å². The van der Waals surface area contributed by atoms with E-state index in [1.54, 1.807) is 48.4 Å². The number of ether oxygens (including phenoxy) is 1. The number of anilines is 1. The standard InChI is InChI=1S/C25H22N4O4/c1-33-19-12-10-18(11-13-19)29-23-20(8-4-14-26-23)24(31)28(25(29)32)16-22(30)27-15-5-7-17-6-2-3-9-21(17)27/h2-4,6,8-14H,5,7,15-16H2,1H3. The molecule has 0 saturated carbocycles. The largest absolute Gasteiger partial charge is 0.497 e. The van der Waals surface area contributed by atoms with Gasteiger partial charge in [0.1, 0.15) is 12.3 Å². The second kappa shape index (κ2) is 8.38. The summed E-state index contributed by atoms with van der Waals surface area (Å²) >= 11 is 0. The van der Waals surface area contributed by atoms with Gasteiger partial charge in [-0.1, -0.05) is 18.2 Å². The highest BCUT2D eigenvalue weighted by Crippen LogP contribution is 2.26. The number of carbonyl (C=O) groups is 1. The van der Waals surface area contributed by atoms with E-state index in [0.29, 0.717) is 18.0 Å². The first-order valence-electron chi connectivity index (χ1n) is 10.7. The SMILES string of the molecule is COc1ccc(-n2c(=O)n(CC(=O)N3CCCc4ccccc43)c(=O)c3cccnc32)cc1. The Bertz CT molecular complexity index is 1470. The van der Waals surface area contributed by atoms with Gasteiger partial charge in [-0.15, -0.1) is 0 Å². The van der Waals surface area contributed by atoms with Crippen molar-refractivity contribution in [2.45, 2.75) is 19.4 Å². The molecule has 166 valence electrons. The van der Waals surface area contributed by atoms with E-state index in [-0.39, 0.29) is 23.5 Å². The molecule has 2 aromatic carbocycles. The van der Waals surface area contributed by atoms with Crippen molar-refractivity contribution in [1.29, 1.82) is 0 Å². The van der Waals surface area contributed by atoms with Crippen LogP contribution in [0.15, 0.2) is 76.4 Å². The van der Waals surface area contributed by atoms with Gasteiger partial charge in [0.2, 0.25) is 5.91 Å². The van der Waals surface area contributed by atoms with Crippen LogP contribution in [0.4, 0.5) is 5.69 Å². The predicted octanol–water partition coefficient (Wildman–Crippen LogP) is 2.54.